The van der Waals surface area contributed by atoms with E-state index in [-0.39, 0.29) is 18.1 Å². The molecule has 0 aromatic heterocycles. The van der Waals surface area contributed by atoms with Gasteiger partial charge in [0.2, 0.25) is 0 Å². The molecule has 1 aliphatic rings. The SMILES string of the molecule is C=CCC1OC[C@H](Cc2ccccc2)N(C)C1=O. The van der Waals surface area contributed by atoms with Gasteiger partial charge in [-0.3, -0.25) is 4.79 Å². The fraction of sp³-hybridized carbons (Fsp3) is 0.400. The quantitative estimate of drug-likeness (QED) is 0.760. The molecule has 1 amide bonds. The fourth-order valence-electron chi connectivity index (χ4n) is 2.22. The molecule has 0 spiro atoms. The molecule has 1 aliphatic heterocycles. The van der Waals surface area contributed by atoms with Crippen molar-refractivity contribution in [2.75, 3.05) is 13.7 Å². The zero-order valence-electron chi connectivity index (χ0n) is 10.7. The van der Waals surface area contributed by atoms with Gasteiger partial charge in [-0.05, 0) is 12.0 Å². The minimum atomic E-state index is -0.348. The molecular formula is C15H19NO2. The number of likely N-dealkylation sites (N-methyl/N-ethyl adjacent to an activating group) is 1. The van der Waals surface area contributed by atoms with Gasteiger partial charge in [0.1, 0.15) is 6.10 Å². The normalized spacial score (nSPS) is 24.1. The topological polar surface area (TPSA) is 29.5 Å². The van der Waals surface area contributed by atoms with E-state index in [9.17, 15) is 4.79 Å². The molecule has 2 atom stereocenters. The predicted octanol–water partition coefficient (Wildman–Crippen LogP) is 2.03. The van der Waals surface area contributed by atoms with E-state index in [1.807, 2.05) is 30.1 Å². The monoisotopic (exact) mass is 245 g/mol. The molecular weight excluding hydrogens is 226 g/mol. The van der Waals surface area contributed by atoms with Crippen molar-refractivity contribution in [3.63, 3.8) is 0 Å². The van der Waals surface area contributed by atoms with E-state index < -0.39 is 0 Å². The average Bonchev–Trinajstić information content (AvgIpc) is 2.40. The highest BCUT2D eigenvalue weighted by Gasteiger charge is 2.32. The lowest BCUT2D eigenvalue weighted by molar-refractivity contribution is -0.156. The summed E-state index contributed by atoms with van der Waals surface area (Å²) in [4.78, 5) is 13.9. The van der Waals surface area contributed by atoms with Gasteiger partial charge in [-0.1, -0.05) is 36.4 Å². The van der Waals surface area contributed by atoms with Crippen molar-refractivity contribution in [1.82, 2.24) is 4.90 Å². The number of nitrogens with zero attached hydrogens (tertiary/aromatic N) is 1. The van der Waals surface area contributed by atoms with Crippen LogP contribution in [0.4, 0.5) is 0 Å². The van der Waals surface area contributed by atoms with Gasteiger partial charge in [0.05, 0.1) is 12.6 Å². The largest absolute Gasteiger partial charge is 0.366 e. The maximum Gasteiger partial charge on any atom is 0.252 e. The van der Waals surface area contributed by atoms with Crippen molar-refractivity contribution in [3.8, 4) is 0 Å². The van der Waals surface area contributed by atoms with E-state index in [0.717, 1.165) is 6.42 Å². The molecule has 3 heteroatoms. The van der Waals surface area contributed by atoms with E-state index in [1.54, 1.807) is 6.08 Å². The molecule has 1 aromatic carbocycles. The number of rotatable bonds is 4. The maximum atomic E-state index is 12.1. The zero-order chi connectivity index (χ0) is 13.0. The first-order valence-electron chi connectivity index (χ1n) is 6.25. The molecule has 96 valence electrons. The molecule has 1 saturated heterocycles. The van der Waals surface area contributed by atoms with Gasteiger partial charge < -0.3 is 9.64 Å². The highest BCUT2D eigenvalue weighted by molar-refractivity contribution is 5.81. The molecule has 0 N–H and O–H groups in total. The smallest absolute Gasteiger partial charge is 0.252 e. The van der Waals surface area contributed by atoms with Crippen LogP contribution in [-0.4, -0.2) is 36.6 Å². The Morgan fingerprint density at radius 3 is 2.83 bits per heavy atom. The van der Waals surface area contributed by atoms with Gasteiger partial charge in [-0.2, -0.15) is 0 Å². The molecule has 0 bridgehead atoms. The Labute approximate surface area is 108 Å². The van der Waals surface area contributed by atoms with Crippen LogP contribution >= 0.6 is 0 Å². The lowest BCUT2D eigenvalue weighted by atomic mass is 10.0. The van der Waals surface area contributed by atoms with Gasteiger partial charge in [0.25, 0.3) is 5.91 Å². The van der Waals surface area contributed by atoms with Gasteiger partial charge in [0, 0.05) is 13.5 Å². The van der Waals surface area contributed by atoms with Crippen molar-refractivity contribution in [1.29, 1.82) is 0 Å². The third kappa shape index (κ3) is 2.79. The summed E-state index contributed by atoms with van der Waals surface area (Å²) < 4.78 is 5.62. The van der Waals surface area contributed by atoms with Crippen LogP contribution < -0.4 is 0 Å². The van der Waals surface area contributed by atoms with Crippen LogP contribution in [0.1, 0.15) is 12.0 Å². The number of morpholine rings is 1. The van der Waals surface area contributed by atoms with E-state index >= 15 is 0 Å². The van der Waals surface area contributed by atoms with Crippen LogP contribution in [0.5, 0.6) is 0 Å². The van der Waals surface area contributed by atoms with Crippen LogP contribution in [0.3, 0.4) is 0 Å². The lowest BCUT2D eigenvalue weighted by Gasteiger charge is -2.36. The van der Waals surface area contributed by atoms with Crippen molar-refractivity contribution >= 4 is 5.91 Å². The number of carbonyl (C=O) groups is 1. The lowest BCUT2D eigenvalue weighted by Crippen LogP contribution is -2.52. The van der Waals surface area contributed by atoms with Gasteiger partial charge in [0.15, 0.2) is 0 Å². The maximum absolute atomic E-state index is 12.1. The Hall–Kier alpha value is -1.61. The van der Waals surface area contributed by atoms with E-state index in [4.69, 9.17) is 4.74 Å². The van der Waals surface area contributed by atoms with Crippen LogP contribution in [0.2, 0.25) is 0 Å². The second kappa shape index (κ2) is 5.83. The predicted molar refractivity (Wildman–Crippen MR) is 71.3 cm³/mol. The first kappa shape index (κ1) is 12.8. The Kier molecular flexibility index (Phi) is 4.15. The fourth-order valence-corrected chi connectivity index (χ4v) is 2.22. The molecule has 1 fully saturated rings. The summed E-state index contributed by atoms with van der Waals surface area (Å²) in [5, 5.41) is 0. The second-order valence-electron chi connectivity index (χ2n) is 4.64. The molecule has 18 heavy (non-hydrogen) atoms. The van der Waals surface area contributed by atoms with Crippen molar-refractivity contribution in [3.05, 3.63) is 48.6 Å². The highest BCUT2D eigenvalue weighted by Crippen LogP contribution is 2.17. The number of ether oxygens (including phenoxy) is 1. The number of benzene rings is 1. The van der Waals surface area contributed by atoms with E-state index in [1.165, 1.54) is 5.56 Å². The molecule has 0 radical (unpaired) electrons. The Bertz CT molecular complexity index is 416. The average molecular weight is 245 g/mol. The molecule has 2 rings (SSSR count). The molecule has 1 aromatic rings. The zero-order valence-corrected chi connectivity index (χ0v) is 10.7. The van der Waals surface area contributed by atoms with Crippen molar-refractivity contribution in [2.45, 2.75) is 25.0 Å². The summed E-state index contributed by atoms with van der Waals surface area (Å²) in [7, 11) is 1.86. The first-order valence-corrected chi connectivity index (χ1v) is 6.25. The summed E-state index contributed by atoms with van der Waals surface area (Å²) in [5.74, 6) is 0.0575. The molecule has 1 unspecified atom stereocenters. The first-order chi connectivity index (χ1) is 8.72. The summed E-state index contributed by atoms with van der Waals surface area (Å²) in [6.45, 7) is 4.24. The number of carbonyl (C=O) groups excluding carboxylic acids is 1. The minimum absolute atomic E-state index is 0.0575. The number of hydrogen-bond donors (Lipinski definition) is 0. The van der Waals surface area contributed by atoms with E-state index in [2.05, 4.69) is 18.7 Å². The van der Waals surface area contributed by atoms with Crippen LogP contribution in [0.15, 0.2) is 43.0 Å². The van der Waals surface area contributed by atoms with Crippen LogP contribution in [0.25, 0.3) is 0 Å². The Morgan fingerprint density at radius 2 is 2.17 bits per heavy atom. The third-order valence-corrected chi connectivity index (χ3v) is 3.36. The van der Waals surface area contributed by atoms with E-state index in [0.29, 0.717) is 13.0 Å². The third-order valence-electron chi connectivity index (χ3n) is 3.36. The molecule has 3 nitrogen and oxygen atoms in total. The van der Waals surface area contributed by atoms with Crippen LogP contribution in [-0.2, 0) is 16.0 Å². The summed E-state index contributed by atoms with van der Waals surface area (Å²) in [6, 6.07) is 10.3. The van der Waals surface area contributed by atoms with Gasteiger partial charge >= 0.3 is 0 Å². The van der Waals surface area contributed by atoms with Crippen molar-refractivity contribution < 1.29 is 9.53 Å². The number of amides is 1. The van der Waals surface area contributed by atoms with Crippen molar-refractivity contribution in [2.24, 2.45) is 0 Å². The second-order valence-corrected chi connectivity index (χ2v) is 4.64. The summed E-state index contributed by atoms with van der Waals surface area (Å²) in [6.07, 6.45) is 2.80. The van der Waals surface area contributed by atoms with Gasteiger partial charge in [-0.25, -0.2) is 0 Å². The highest BCUT2D eigenvalue weighted by atomic mass is 16.5. The summed E-state index contributed by atoms with van der Waals surface area (Å²) >= 11 is 0. The Morgan fingerprint density at radius 1 is 1.44 bits per heavy atom. The van der Waals surface area contributed by atoms with Crippen LogP contribution in [0, 0.1) is 0 Å². The Balaban J connectivity index is 2.00. The van der Waals surface area contributed by atoms with Gasteiger partial charge in [-0.15, -0.1) is 6.58 Å². The molecule has 0 aliphatic carbocycles. The molecule has 0 saturated carbocycles. The standard InChI is InChI=1S/C15H19NO2/c1-3-7-14-15(17)16(2)13(11-18-14)10-12-8-5-4-6-9-12/h3-6,8-9,13-14H,1,7,10-11H2,2H3/t13-,14?/m0/s1. The molecule has 1 heterocycles. The summed E-state index contributed by atoms with van der Waals surface area (Å²) in [5.41, 5.74) is 1.23. The number of hydrogen-bond acceptors (Lipinski definition) is 2. The minimum Gasteiger partial charge on any atom is -0.366 e.